The molecule has 0 aliphatic carbocycles. The van der Waals surface area contributed by atoms with Crippen LogP contribution >= 0.6 is 0 Å². The molecule has 0 spiro atoms. The van der Waals surface area contributed by atoms with E-state index in [9.17, 15) is 0 Å². The minimum atomic E-state index is 0.910. The van der Waals surface area contributed by atoms with E-state index in [1.807, 2.05) is 30.6 Å². The zero-order valence-electron chi connectivity index (χ0n) is 6.57. The van der Waals surface area contributed by atoms with Crippen LogP contribution in [-0.2, 0) is 0 Å². The van der Waals surface area contributed by atoms with Gasteiger partial charge in [-0.1, -0.05) is 0 Å². The first-order valence-corrected chi connectivity index (χ1v) is 3.54. The number of aryl methyl sites for hydroxylation is 2. The average Bonchev–Trinajstić information content (AvgIpc) is 2.27. The quantitative estimate of drug-likeness (QED) is 0.563. The predicted molar refractivity (Wildman–Crippen MR) is 42.5 cm³/mol. The second-order valence-electron chi connectivity index (χ2n) is 2.68. The third kappa shape index (κ3) is 0.981. The lowest BCUT2D eigenvalue weighted by atomic mass is 10.5. The Morgan fingerprint density at radius 3 is 2.73 bits per heavy atom. The minimum Gasteiger partial charge on any atom is -0.304 e. The predicted octanol–water partition coefficient (Wildman–Crippen LogP) is 1.35. The number of aromatic nitrogens is 3. The van der Waals surface area contributed by atoms with Gasteiger partial charge in [0.25, 0.3) is 0 Å². The smallest absolute Gasteiger partial charge is 0.155 e. The highest BCUT2D eigenvalue weighted by Crippen LogP contribution is 2.02. The summed E-state index contributed by atoms with van der Waals surface area (Å²) < 4.78 is 1.98. The molecule has 0 aromatic carbocycles. The summed E-state index contributed by atoms with van der Waals surface area (Å²) in [5, 5.41) is 0. The Balaban J connectivity index is 2.82. The fourth-order valence-electron chi connectivity index (χ4n) is 1.13. The maximum absolute atomic E-state index is 4.25. The molecule has 56 valence electrons. The van der Waals surface area contributed by atoms with Crippen molar-refractivity contribution >= 4 is 5.65 Å². The van der Waals surface area contributed by atoms with Gasteiger partial charge in [0.1, 0.15) is 0 Å². The van der Waals surface area contributed by atoms with Crippen LogP contribution in [0.3, 0.4) is 0 Å². The van der Waals surface area contributed by atoms with Gasteiger partial charge in [-0.2, -0.15) is 0 Å². The van der Waals surface area contributed by atoms with Crippen molar-refractivity contribution in [2.75, 3.05) is 0 Å². The number of imidazole rings is 1. The van der Waals surface area contributed by atoms with Crippen molar-refractivity contribution < 1.29 is 0 Å². The van der Waals surface area contributed by atoms with E-state index in [4.69, 9.17) is 0 Å². The second-order valence-corrected chi connectivity index (χ2v) is 2.68. The lowest BCUT2D eigenvalue weighted by molar-refractivity contribution is 1.07. The molecule has 2 heterocycles. The van der Waals surface area contributed by atoms with E-state index in [0.717, 1.165) is 17.0 Å². The normalized spacial score (nSPS) is 10.7. The molecule has 0 N–H and O–H groups in total. The van der Waals surface area contributed by atoms with Gasteiger partial charge in [0.05, 0.1) is 17.6 Å². The highest BCUT2D eigenvalue weighted by molar-refractivity contribution is 5.36. The van der Waals surface area contributed by atoms with Gasteiger partial charge in [0.2, 0.25) is 0 Å². The number of fused-ring (bicyclic) bond motifs is 1. The Bertz CT molecular complexity index is 389. The van der Waals surface area contributed by atoms with Crippen LogP contribution in [0.5, 0.6) is 0 Å². The molecular formula is C8H9N3. The van der Waals surface area contributed by atoms with Crippen LogP contribution in [0.15, 0.2) is 18.6 Å². The third-order valence-electron chi connectivity index (χ3n) is 1.59. The molecular weight excluding hydrogens is 138 g/mol. The van der Waals surface area contributed by atoms with E-state index in [0.29, 0.717) is 0 Å². The fourth-order valence-corrected chi connectivity index (χ4v) is 1.13. The van der Waals surface area contributed by atoms with Crippen molar-refractivity contribution in [3.63, 3.8) is 0 Å². The molecule has 0 fully saturated rings. The van der Waals surface area contributed by atoms with Crippen molar-refractivity contribution in [2.24, 2.45) is 0 Å². The lowest BCUT2D eigenvalue weighted by Gasteiger charge is -1.92. The summed E-state index contributed by atoms with van der Waals surface area (Å²) in [6, 6.07) is 0. The zero-order valence-corrected chi connectivity index (χ0v) is 6.57. The first-order valence-electron chi connectivity index (χ1n) is 3.54. The van der Waals surface area contributed by atoms with Crippen molar-refractivity contribution in [3.05, 3.63) is 30.0 Å². The fraction of sp³-hybridized carbons (Fsp3) is 0.250. The molecule has 2 aromatic heterocycles. The molecule has 0 aliphatic rings. The van der Waals surface area contributed by atoms with Gasteiger partial charge in [0, 0.05) is 12.4 Å². The maximum Gasteiger partial charge on any atom is 0.155 e. The summed E-state index contributed by atoms with van der Waals surface area (Å²) in [7, 11) is 0. The Hall–Kier alpha value is -1.38. The van der Waals surface area contributed by atoms with Crippen LogP contribution in [0, 0.1) is 13.8 Å². The molecule has 0 radical (unpaired) electrons. The number of rotatable bonds is 0. The van der Waals surface area contributed by atoms with Crippen molar-refractivity contribution in [3.8, 4) is 0 Å². The largest absolute Gasteiger partial charge is 0.304 e. The molecule has 0 unspecified atom stereocenters. The summed E-state index contributed by atoms with van der Waals surface area (Å²) in [4.78, 5) is 8.39. The van der Waals surface area contributed by atoms with Crippen LogP contribution in [0.4, 0.5) is 0 Å². The number of nitrogens with zero attached hydrogens (tertiary/aromatic N) is 3. The van der Waals surface area contributed by atoms with Crippen LogP contribution < -0.4 is 0 Å². The van der Waals surface area contributed by atoms with Gasteiger partial charge in [-0.25, -0.2) is 4.98 Å². The van der Waals surface area contributed by atoms with E-state index in [-0.39, 0.29) is 0 Å². The molecule has 3 heteroatoms. The molecule has 0 amide bonds. The number of hydrogen-bond acceptors (Lipinski definition) is 2. The highest BCUT2D eigenvalue weighted by Gasteiger charge is 1.95. The molecule has 0 bridgehead atoms. The van der Waals surface area contributed by atoms with Crippen LogP contribution in [0.2, 0.25) is 0 Å². The standard InChI is InChI=1S/C8H9N3/c1-6-4-11-5-7(2)10-8(11)3-9-6/h3-5H,1-2H3. The van der Waals surface area contributed by atoms with E-state index in [2.05, 4.69) is 9.97 Å². The van der Waals surface area contributed by atoms with Crippen LogP contribution in [-0.4, -0.2) is 14.4 Å². The van der Waals surface area contributed by atoms with Gasteiger partial charge in [-0.05, 0) is 13.8 Å². The highest BCUT2D eigenvalue weighted by atomic mass is 15.0. The van der Waals surface area contributed by atoms with Gasteiger partial charge < -0.3 is 4.40 Å². The summed E-state index contributed by atoms with van der Waals surface area (Å²) in [5.41, 5.74) is 2.94. The summed E-state index contributed by atoms with van der Waals surface area (Å²) in [6.45, 7) is 3.94. The molecule has 2 rings (SSSR count). The SMILES string of the molecule is Cc1cn2cc(C)nc2cn1. The third-order valence-corrected chi connectivity index (χ3v) is 1.59. The van der Waals surface area contributed by atoms with E-state index < -0.39 is 0 Å². The monoisotopic (exact) mass is 147 g/mol. The topological polar surface area (TPSA) is 30.2 Å². The van der Waals surface area contributed by atoms with Crippen LogP contribution in [0.25, 0.3) is 5.65 Å². The first-order chi connectivity index (χ1) is 5.25. The van der Waals surface area contributed by atoms with E-state index in [1.165, 1.54) is 0 Å². The molecule has 2 aromatic rings. The van der Waals surface area contributed by atoms with E-state index >= 15 is 0 Å². The molecule has 0 saturated carbocycles. The second kappa shape index (κ2) is 2.05. The van der Waals surface area contributed by atoms with Crippen molar-refractivity contribution in [2.45, 2.75) is 13.8 Å². The Morgan fingerprint density at radius 2 is 1.91 bits per heavy atom. The van der Waals surface area contributed by atoms with Crippen molar-refractivity contribution in [1.82, 2.24) is 14.4 Å². The first kappa shape index (κ1) is 6.34. The van der Waals surface area contributed by atoms with Crippen LogP contribution in [0.1, 0.15) is 11.4 Å². The summed E-state index contributed by atoms with van der Waals surface area (Å²) >= 11 is 0. The molecule has 0 saturated heterocycles. The molecule has 0 atom stereocenters. The minimum absolute atomic E-state index is 0.910. The Kier molecular flexibility index (Phi) is 1.18. The summed E-state index contributed by atoms with van der Waals surface area (Å²) in [6.07, 6.45) is 5.74. The average molecular weight is 147 g/mol. The van der Waals surface area contributed by atoms with Gasteiger partial charge in [-0.15, -0.1) is 0 Å². The molecule has 11 heavy (non-hydrogen) atoms. The zero-order chi connectivity index (χ0) is 7.84. The van der Waals surface area contributed by atoms with Gasteiger partial charge >= 0.3 is 0 Å². The van der Waals surface area contributed by atoms with Gasteiger partial charge in [0.15, 0.2) is 5.65 Å². The van der Waals surface area contributed by atoms with E-state index in [1.54, 1.807) is 6.20 Å². The van der Waals surface area contributed by atoms with Gasteiger partial charge in [-0.3, -0.25) is 4.98 Å². The maximum atomic E-state index is 4.25. The summed E-state index contributed by atoms with van der Waals surface area (Å²) in [5.74, 6) is 0. The molecule has 0 aliphatic heterocycles. The lowest BCUT2D eigenvalue weighted by Crippen LogP contribution is -1.87. The number of hydrogen-bond donors (Lipinski definition) is 0. The Labute approximate surface area is 64.7 Å². The Morgan fingerprint density at radius 1 is 1.18 bits per heavy atom. The molecule has 3 nitrogen and oxygen atoms in total. The van der Waals surface area contributed by atoms with Crippen molar-refractivity contribution in [1.29, 1.82) is 0 Å².